The van der Waals surface area contributed by atoms with E-state index in [1.165, 1.54) is 4.90 Å². The lowest BCUT2D eigenvalue weighted by Crippen LogP contribution is -2.54. The molecule has 0 heterocycles. The van der Waals surface area contributed by atoms with Crippen molar-refractivity contribution in [2.75, 3.05) is 6.61 Å². The maximum Gasteiger partial charge on any atom is 0.261 e. The predicted octanol–water partition coefficient (Wildman–Crippen LogP) is 5.71. The van der Waals surface area contributed by atoms with Crippen LogP contribution in [0.2, 0.25) is 10.0 Å². The number of amides is 2. The van der Waals surface area contributed by atoms with Crippen LogP contribution in [0.4, 0.5) is 0 Å². The van der Waals surface area contributed by atoms with Crippen molar-refractivity contribution >= 4 is 35.0 Å². The molecule has 2 aromatic rings. The Hall–Kier alpha value is -2.24. The lowest BCUT2D eigenvalue weighted by atomic mass is 10.1. The van der Waals surface area contributed by atoms with Crippen LogP contribution in [0.15, 0.2) is 36.4 Å². The third kappa shape index (κ3) is 6.88. The minimum absolute atomic E-state index is 0.101. The molecule has 5 nitrogen and oxygen atoms in total. The summed E-state index contributed by atoms with van der Waals surface area (Å²) in [6, 6.07) is 10.2. The summed E-state index contributed by atoms with van der Waals surface area (Å²) in [5, 5.41) is 3.85. The van der Waals surface area contributed by atoms with Crippen LogP contribution in [-0.4, -0.2) is 34.9 Å². The highest BCUT2D eigenvalue weighted by molar-refractivity contribution is 6.36. The van der Waals surface area contributed by atoms with Gasteiger partial charge in [0.2, 0.25) is 5.91 Å². The molecule has 174 valence electrons. The number of aryl methyl sites for hydroxylation is 1. The molecule has 0 saturated heterocycles. The number of nitrogens with zero attached hydrogens (tertiary/aromatic N) is 1. The number of rotatable bonds is 8. The molecular weight excluding hydrogens is 447 g/mol. The second kappa shape index (κ2) is 11.1. The molecule has 2 aromatic carbocycles. The summed E-state index contributed by atoms with van der Waals surface area (Å²) in [6.07, 6.45) is 0.430. The van der Waals surface area contributed by atoms with Crippen LogP contribution in [0, 0.1) is 13.8 Å². The van der Waals surface area contributed by atoms with Gasteiger partial charge in [0.25, 0.3) is 5.91 Å². The highest BCUT2D eigenvalue weighted by atomic mass is 35.5. The molecule has 0 aromatic heterocycles. The van der Waals surface area contributed by atoms with Crippen LogP contribution >= 0.6 is 23.2 Å². The number of hydrogen-bond donors (Lipinski definition) is 1. The zero-order chi connectivity index (χ0) is 24.1. The summed E-state index contributed by atoms with van der Waals surface area (Å²) in [5.41, 5.74) is 2.21. The van der Waals surface area contributed by atoms with Crippen molar-refractivity contribution in [1.82, 2.24) is 10.2 Å². The fourth-order valence-electron chi connectivity index (χ4n) is 3.33. The minimum atomic E-state index is -0.698. The van der Waals surface area contributed by atoms with Gasteiger partial charge in [-0.25, -0.2) is 0 Å². The highest BCUT2D eigenvalue weighted by Gasteiger charge is 2.31. The number of benzene rings is 2. The van der Waals surface area contributed by atoms with E-state index in [2.05, 4.69) is 5.32 Å². The number of hydrogen-bond acceptors (Lipinski definition) is 3. The standard InChI is InChI=1S/C25H32Cl2N2O3/c1-7-21(24(31)28-25(4,5)6)29(14-18-19(26)11-9-12-20(18)27)23(30)15-32-22-13-8-10-16(2)17(22)3/h8-13,21H,7,14-15H2,1-6H3,(H,28,31)/t21-/m1/s1. The molecule has 2 amide bonds. The van der Waals surface area contributed by atoms with Crippen LogP contribution in [0.25, 0.3) is 0 Å². The van der Waals surface area contributed by atoms with Gasteiger partial charge in [-0.15, -0.1) is 0 Å². The van der Waals surface area contributed by atoms with Gasteiger partial charge in [-0.1, -0.05) is 48.3 Å². The first-order valence-electron chi connectivity index (χ1n) is 10.7. The Morgan fingerprint density at radius 1 is 1.06 bits per heavy atom. The maximum absolute atomic E-state index is 13.3. The van der Waals surface area contributed by atoms with Gasteiger partial charge >= 0.3 is 0 Å². The summed E-state index contributed by atoms with van der Waals surface area (Å²) in [6.45, 7) is 11.4. The monoisotopic (exact) mass is 478 g/mol. The van der Waals surface area contributed by atoms with Gasteiger partial charge in [-0.05, 0) is 70.4 Å². The second-order valence-corrected chi connectivity index (χ2v) is 9.69. The summed E-state index contributed by atoms with van der Waals surface area (Å²) in [4.78, 5) is 27.9. The summed E-state index contributed by atoms with van der Waals surface area (Å²) >= 11 is 12.7. The van der Waals surface area contributed by atoms with Crippen molar-refractivity contribution < 1.29 is 14.3 Å². The molecule has 7 heteroatoms. The fraction of sp³-hybridized carbons (Fsp3) is 0.440. The van der Waals surface area contributed by atoms with Crippen molar-refractivity contribution in [3.05, 3.63) is 63.1 Å². The van der Waals surface area contributed by atoms with Gasteiger partial charge in [0.05, 0.1) is 0 Å². The number of halogens is 2. The quantitative estimate of drug-likeness (QED) is 0.528. The van der Waals surface area contributed by atoms with E-state index < -0.39 is 11.6 Å². The van der Waals surface area contributed by atoms with E-state index in [9.17, 15) is 9.59 Å². The van der Waals surface area contributed by atoms with Crippen molar-refractivity contribution in [2.24, 2.45) is 0 Å². The third-order valence-electron chi connectivity index (χ3n) is 5.18. The van der Waals surface area contributed by atoms with Gasteiger partial charge < -0.3 is 15.0 Å². The molecule has 0 unspecified atom stereocenters. The van der Waals surface area contributed by atoms with Gasteiger partial charge in [-0.3, -0.25) is 9.59 Å². The van der Waals surface area contributed by atoms with Crippen molar-refractivity contribution in [2.45, 2.75) is 66.1 Å². The predicted molar refractivity (Wildman–Crippen MR) is 130 cm³/mol. The van der Waals surface area contributed by atoms with E-state index in [0.717, 1.165) is 11.1 Å². The maximum atomic E-state index is 13.3. The Labute approximate surface area is 201 Å². The summed E-state index contributed by atoms with van der Waals surface area (Å²) < 4.78 is 5.84. The van der Waals surface area contributed by atoms with Gasteiger partial charge in [-0.2, -0.15) is 0 Å². The Bertz CT molecular complexity index is 950. The smallest absolute Gasteiger partial charge is 0.261 e. The minimum Gasteiger partial charge on any atom is -0.483 e. The van der Waals surface area contributed by atoms with Crippen LogP contribution in [0.3, 0.4) is 0 Å². The molecule has 32 heavy (non-hydrogen) atoms. The molecule has 0 saturated carbocycles. The first-order chi connectivity index (χ1) is 14.9. The highest BCUT2D eigenvalue weighted by Crippen LogP contribution is 2.27. The van der Waals surface area contributed by atoms with Crippen LogP contribution < -0.4 is 10.1 Å². The van der Waals surface area contributed by atoms with Gasteiger partial charge in [0.15, 0.2) is 6.61 Å². The number of carbonyl (C=O) groups excluding carboxylic acids is 2. The topological polar surface area (TPSA) is 58.6 Å². The van der Waals surface area contributed by atoms with Crippen molar-refractivity contribution in [3.63, 3.8) is 0 Å². The van der Waals surface area contributed by atoms with Gasteiger partial charge in [0, 0.05) is 27.7 Å². The van der Waals surface area contributed by atoms with E-state index >= 15 is 0 Å². The normalized spacial score (nSPS) is 12.2. The number of nitrogens with one attached hydrogen (secondary N) is 1. The van der Waals surface area contributed by atoms with E-state index in [1.807, 2.05) is 59.7 Å². The molecular formula is C25H32Cl2N2O3. The zero-order valence-corrected chi connectivity index (χ0v) is 21.1. The summed E-state index contributed by atoms with van der Waals surface area (Å²) in [5.74, 6) is 0.0855. The lowest BCUT2D eigenvalue weighted by Gasteiger charge is -2.33. The van der Waals surface area contributed by atoms with Crippen molar-refractivity contribution in [1.29, 1.82) is 0 Å². The largest absolute Gasteiger partial charge is 0.483 e. The SMILES string of the molecule is CC[C@H](C(=O)NC(C)(C)C)N(Cc1c(Cl)cccc1Cl)C(=O)COc1cccc(C)c1C. The van der Waals surface area contributed by atoms with E-state index in [1.54, 1.807) is 18.2 Å². The van der Waals surface area contributed by atoms with Crippen molar-refractivity contribution in [3.8, 4) is 5.75 Å². The lowest BCUT2D eigenvalue weighted by molar-refractivity contribution is -0.143. The first kappa shape index (κ1) is 26.0. The Kier molecular flexibility index (Phi) is 8.99. The molecule has 0 aliphatic rings. The number of ether oxygens (including phenoxy) is 1. The fourth-order valence-corrected chi connectivity index (χ4v) is 3.85. The molecule has 0 radical (unpaired) electrons. The Balaban J connectivity index is 2.34. The van der Waals surface area contributed by atoms with Crippen LogP contribution in [-0.2, 0) is 16.1 Å². The molecule has 0 aliphatic heterocycles. The van der Waals surface area contributed by atoms with E-state index in [4.69, 9.17) is 27.9 Å². The second-order valence-electron chi connectivity index (χ2n) is 8.87. The summed E-state index contributed by atoms with van der Waals surface area (Å²) in [7, 11) is 0. The van der Waals surface area contributed by atoms with E-state index in [-0.39, 0.29) is 25.0 Å². The number of carbonyl (C=O) groups is 2. The Morgan fingerprint density at radius 3 is 2.22 bits per heavy atom. The molecule has 1 atom stereocenters. The Morgan fingerprint density at radius 2 is 1.66 bits per heavy atom. The molecule has 0 spiro atoms. The van der Waals surface area contributed by atoms with Crippen LogP contribution in [0.1, 0.15) is 50.8 Å². The molecule has 1 N–H and O–H groups in total. The third-order valence-corrected chi connectivity index (χ3v) is 5.89. The molecule has 0 bridgehead atoms. The average molecular weight is 479 g/mol. The molecule has 0 aliphatic carbocycles. The van der Waals surface area contributed by atoms with Gasteiger partial charge in [0.1, 0.15) is 11.8 Å². The van der Waals surface area contributed by atoms with Crippen LogP contribution in [0.5, 0.6) is 5.75 Å². The molecule has 0 fully saturated rings. The average Bonchev–Trinajstić information content (AvgIpc) is 2.69. The zero-order valence-electron chi connectivity index (χ0n) is 19.6. The first-order valence-corrected chi connectivity index (χ1v) is 11.4. The van der Waals surface area contributed by atoms with E-state index in [0.29, 0.717) is 27.8 Å². The molecule has 2 rings (SSSR count).